The second kappa shape index (κ2) is 12.9. The van der Waals surface area contributed by atoms with Gasteiger partial charge in [0.1, 0.15) is 19.1 Å². The summed E-state index contributed by atoms with van der Waals surface area (Å²) in [6.07, 6.45) is 11.3. The molecular formula is C33H47N9O4. The number of aromatic nitrogens is 1. The van der Waals surface area contributed by atoms with Crippen LogP contribution in [0.4, 0.5) is 5.69 Å². The zero-order valence-electron chi connectivity index (χ0n) is 26.4. The summed E-state index contributed by atoms with van der Waals surface area (Å²) in [6, 6.07) is 9.21. The molecule has 5 N–H and O–H groups in total. The van der Waals surface area contributed by atoms with Gasteiger partial charge in [0.15, 0.2) is 0 Å². The molecule has 8 rings (SSSR count). The second-order valence-electron chi connectivity index (χ2n) is 13.6. The highest BCUT2D eigenvalue weighted by Gasteiger charge is 2.53. The highest BCUT2D eigenvalue weighted by Crippen LogP contribution is 2.34. The van der Waals surface area contributed by atoms with Crippen LogP contribution in [0, 0.1) is 5.92 Å². The summed E-state index contributed by atoms with van der Waals surface area (Å²) in [6.45, 7) is 4.94. The minimum absolute atomic E-state index is 0.0303. The number of ether oxygens (including phenoxy) is 1. The van der Waals surface area contributed by atoms with E-state index < -0.39 is 0 Å². The lowest BCUT2D eigenvalue weighted by molar-refractivity contribution is -0.176. The predicted octanol–water partition coefficient (Wildman–Crippen LogP) is 0.773. The first-order chi connectivity index (χ1) is 22.6. The van der Waals surface area contributed by atoms with E-state index in [1.165, 1.54) is 10.9 Å². The number of hydrogen-bond donors (Lipinski definition) is 5. The van der Waals surface area contributed by atoms with Crippen molar-refractivity contribution in [3.8, 4) is 0 Å². The number of hydrazine groups is 1. The van der Waals surface area contributed by atoms with Gasteiger partial charge in [0.25, 0.3) is 0 Å². The molecule has 1 aromatic heterocycles. The van der Waals surface area contributed by atoms with Crippen molar-refractivity contribution in [2.24, 2.45) is 5.92 Å². The van der Waals surface area contributed by atoms with Gasteiger partial charge in [-0.15, -0.1) is 0 Å². The maximum Gasteiger partial charge on any atom is 0.249 e. The number of carbonyl (C=O) groups is 2. The van der Waals surface area contributed by atoms with E-state index in [0.717, 1.165) is 63.8 Å². The van der Waals surface area contributed by atoms with Gasteiger partial charge in [-0.3, -0.25) is 30.5 Å². The van der Waals surface area contributed by atoms with E-state index in [1.54, 1.807) is 0 Å². The summed E-state index contributed by atoms with van der Waals surface area (Å²) >= 11 is 0. The molecule has 0 radical (unpaired) electrons. The molecule has 5 saturated heterocycles. The van der Waals surface area contributed by atoms with Crippen LogP contribution in [0.5, 0.6) is 0 Å². The van der Waals surface area contributed by atoms with E-state index in [-0.39, 0.29) is 61.8 Å². The Morgan fingerprint density at radius 2 is 1.89 bits per heavy atom. The largest absolute Gasteiger partial charge is 0.395 e. The molecule has 6 aliphatic rings. The fraction of sp³-hybridized carbons (Fsp3) is 0.636. The fourth-order valence-corrected chi connectivity index (χ4v) is 8.47. The molecule has 2 bridgehead atoms. The Morgan fingerprint density at radius 3 is 2.76 bits per heavy atom. The maximum absolute atomic E-state index is 13.8. The van der Waals surface area contributed by atoms with E-state index in [0.29, 0.717) is 25.7 Å². The van der Waals surface area contributed by atoms with Crippen molar-refractivity contribution >= 4 is 28.4 Å². The predicted molar refractivity (Wildman–Crippen MR) is 173 cm³/mol. The average molecular weight is 634 g/mol. The van der Waals surface area contributed by atoms with Gasteiger partial charge in [0, 0.05) is 61.6 Å². The highest BCUT2D eigenvalue weighted by molar-refractivity contribution is 5.84. The number of aliphatic hydroxyl groups is 1. The molecule has 0 aliphatic carbocycles. The molecule has 5 fully saturated rings. The van der Waals surface area contributed by atoms with Crippen LogP contribution in [0.15, 0.2) is 42.6 Å². The van der Waals surface area contributed by atoms with Crippen LogP contribution in [0.3, 0.4) is 0 Å². The van der Waals surface area contributed by atoms with Gasteiger partial charge in [0.05, 0.1) is 37.5 Å². The summed E-state index contributed by atoms with van der Waals surface area (Å²) < 4.78 is 8.37. The monoisotopic (exact) mass is 633 g/mol. The van der Waals surface area contributed by atoms with Gasteiger partial charge in [-0.1, -0.05) is 12.2 Å². The molecule has 0 spiro atoms. The number of nitrogens with zero attached hydrogens (tertiary/aromatic N) is 5. The number of carbonyl (C=O) groups excluding carboxylic acids is 2. The van der Waals surface area contributed by atoms with Crippen molar-refractivity contribution in [2.75, 3.05) is 57.8 Å². The summed E-state index contributed by atoms with van der Waals surface area (Å²) in [7, 11) is 0. The van der Waals surface area contributed by atoms with Crippen molar-refractivity contribution in [3.63, 3.8) is 0 Å². The highest BCUT2D eigenvalue weighted by atomic mass is 16.5. The number of hydrogen-bond acceptors (Lipinski definition) is 10. The molecule has 248 valence electrons. The van der Waals surface area contributed by atoms with Gasteiger partial charge in [-0.2, -0.15) is 5.01 Å². The van der Waals surface area contributed by atoms with E-state index in [9.17, 15) is 14.7 Å². The van der Waals surface area contributed by atoms with E-state index in [2.05, 4.69) is 78.4 Å². The van der Waals surface area contributed by atoms with Crippen LogP contribution in [0.1, 0.15) is 44.6 Å². The standard InChI is InChI=1S/C33H47N9O4/c43-18-17-38-14-10-24(11-15-38)39-16-9-22-19-23(5-6-26(22)39)35-33-34-20-25-30(37-33)42-28-8-7-27-31(36-28)40(29(44)21-46-27)12-3-1-2-4-13-41(42)32(25)45/h2,4-6,9,16,19,24-25,27-28,30-31,33-37,43H,1,3,7-8,10-15,17-18,20-21H2/b4-2-. The molecule has 2 aromatic rings. The first-order valence-electron chi connectivity index (χ1n) is 17.2. The van der Waals surface area contributed by atoms with E-state index in [4.69, 9.17) is 4.74 Å². The molecule has 2 amide bonds. The minimum atomic E-state index is -0.228. The molecule has 7 heterocycles. The number of benzene rings is 1. The molecule has 0 saturated carbocycles. The zero-order valence-corrected chi connectivity index (χ0v) is 26.4. The van der Waals surface area contributed by atoms with Gasteiger partial charge < -0.3 is 29.5 Å². The maximum atomic E-state index is 13.8. The molecule has 6 aliphatic heterocycles. The van der Waals surface area contributed by atoms with Crippen molar-refractivity contribution in [1.29, 1.82) is 0 Å². The third kappa shape index (κ3) is 5.61. The number of aliphatic hydroxyl groups excluding tert-OH is 1. The number of fused-ring (bicyclic) bond motifs is 6. The third-order valence-corrected chi connectivity index (χ3v) is 10.8. The summed E-state index contributed by atoms with van der Waals surface area (Å²) in [5.41, 5.74) is 2.25. The van der Waals surface area contributed by atoms with Gasteiger partial charge in [-0.25, -0.2) is 0 Å². The summed E-state index contributed by atoms with van der Waals surface area (Å²) in [5, 5.41) is 29.2. The third-order valence-electron chi connectivity index (χ3n) is 10.8. The Balaban J connectivity index is 0.987. The number of nitrogens with one attached hydrogen (secondary N) is 4. The lowest BCUT2D eigenvalue weighted by Gasteiger charge is -2.50. The van der Waals surface area contributed by atoms with Gasteiger partial charge in [0.2, 0.25) is 11.8 Å². The van der Waals surface area contributed by atoms with E-state index >= 15 is 0 Å². The van der Waals surface area contributed by atoms with Gasteiger partial charge in [-0.05, 0) is 62.8 Å². The smallest absolute Gasteiger partial charge is 0.249 e. The van der Waals surface area contributed by atoms with Crippen molar-refractivity contribution < 1.29 is 19.4 Å². The van der Waals surface area contributed by atoms with E-state index in [1.807, 2.05) is 9.91 Å². The minimum Gasteiger partial charge on any atom is -0.395 e. The Kier molecular flexibility index (Phi) is 8.48. The van der Waals surface area contributed by atoms with Crippen LogP contribution in [0.2, 0.25) is 0 Å². The van der Waals surface area contributed by atoms with Crippen LogP contribution in [-0.2, 0) is 14.3 Å². The lowest BCUT2D eigenvalue weighted by atomic mass is 9.99. The average Bonchev–Trinajstić information content (AvgIpc) is 3.61. The summed E-state index contributed by atoms with van der Waals surface area (Å²) in [4.78, 5) is 31.0. The number of likely N-dealkylation sites (tertiary alicyclic amines) is 1. The topological polar surface area (TPSA) is 130 Å². The molecule has 6 atom stereocenters. The van der Waals surface area contributed by atoms with Crippen LogP contribution in [-0.4, -0.2) is 125 Å². The van der Waals surface area contributed by atoms with Crippen molar-refractivity contribution in [2.45, 2.75) is 75.5 Å². The van der Waals surface area contributed by atoms with Crippen LogP contribution in [0.25, 0.3) is 10.9 Å². The Bertz CT molecular complexity index is 1460. The second-order valence-corrected chi connectivity index (χ2v) is 13.6. The molecule has 13 heteroatoms. The number of piperidine rings is 2. The Hall–Kier alpha value is -3.04. The number of β-amino-alcohol motifs (C(OH)–C–C–N with tert-alkyl or cyclic N) is 1. The molecule has 13 nitrogen and oxygen atoms in total. The summed E-state index contributed by atoms with van der Waals surface area (Å²) in [5.74, 6) is -0.0775. The van der Waals surface area contributed by atoms with Crippen molar-refractivity contribution in [3.05, 3.63) is 42.6 Å². The van der Waals surface area contributed by atoms with Crippen LogP contribution >= 0.6 is 0 Å². The zero-order chi connectivity index (χ0) is 31.2. The molecule has 1 aromatic carbocycles. The van der Waals surface area contributed by atoms with Gasteiger partial charge >= 0.3 is 0 Å². The van der Waals surface area contributed by atoms with Crippen molar-refractivity contribution in [1.82, 2.24) is 40.3 Å². The number of amides is 2. The number of anilines is 1. The Morgan fingerprint density at radius 1 is 1.00 bits per heavy atom. The Labute approximate surface area is 269 Å². The number of allylic oxidation sites excluding steroid dienone is 1. The SMILES string of the molecule is O=C1COC2CCC3NC2N1CCC/C=C\CN1C(=O)C2CNC(Nc4ccc5c(ccn5C5CCN(CCO)CC5)c4)NC2N31. The first-order valence-corrected chi connectivity index (χ1v) is 17.2. The quantitative estimate of drug-likeness (QED) is 0.301. The molecule has 6 unspecified atom stereocenters. The van der Waals surface area contributed by atoms with Crippen LogP contribution < -0.4 is 21.3 Å². The lowest BCUT2D eigenvalue weighted by Crippen LogP contribution is -2.72. The number of rotatable bonds is 5. The molecular weight excluding hydrogens is 586 g/mol. The fourth-order valence-electron chi connectivity index (χ4n) is 8.47. The first kappa shape index (κ1) is 30.3. The normalized spacial score (nSPS) is 33.8. The number of morpholine rings is 1. The molecule has 46 heavy (non-hydrogen) atoms.